The first-order valence-corrected chi connectivity index (χ1v) is 5.93. The van der Waals surface area contributed by atoms with Crippen molar-refractivity contribution in [1.82, 2.24) is 10.2 Å². The molecular weight excluding hydrogens is 200 g/mol. The van der Waals surface area contributed by atoms with Crippen LogP contribution in [-0.4, -0.2) is 37.9 Å². The van der Waals surface area contributed by atoms with E-state index in [4.69, 9.17) is 0 Å². The average molecular weight is 220 g/mol. The molecule has 0 atom stereocenters. The Kier molecular flexibility index (Phi) is 3.15. The average Bonchev–Trinajstić information content (AvgIpc) is 2.24. The maximum atomic E-state index is 11.8. The van der Waals surface area contributed by atoms with Crippen LogP contribution < -0.4 is 5.32 Å². The fourth-order valence-electron chi connectivity index (χ4n) is 2.57. The van der Waals surface area contributed by atoms with Crippen LogP contribution in [0, 0.1) is 5.41 Å². The Bertz CT molecular complexity index is 336. The van der Waals surface area contributed by atoms with Gasteiger partial charge in [0.25, 0.3) is 0 Å². The molecule has 88 valence electrons. The Morgan fingerprint density at radius 2 is 2.06 bits per heavy atom. The predicted molar refractivity (Wildman–Crippen MR) is 65.1 cm³/mol. The van der Waals surface area contributed by atoms with Crippen molar-refractivity contribution in [1.29, 1.82) is 0 Å². The lowest BCUT2D eigenvalue weighted by atomic mass is 9.70. The van der Waals surface area contributed by atoms with E-state index in [-0.39, 0.29) is 11.2 Å². The summed E-state index contributed by atoms with van der Waals surface area (Å²) in [6.07, 6.45) is 9.06. The first-order chi connectivity index (χ1) is 7.61. The van der Waals surface area contributed by atoms with Gasteiger partial charge in [-0.15, -0.1) is 0 Å². The van der Waals surface area contributed by atoms with Crippen LogP contribution in [0.5, 0.6) is 0 Å². The smallest absolute Gasteiger partial charge is 0.182 e. The Morgan fingerprint density at radius 3 is 2.69 bits per heavy atom. The molecule has 3 nitrogen and oxygen atoms in total. The number of rotatable bonds is 1. The Balaban J connectivity index is 2.20. The van der Waals surface area contributed by atoms with Crippen molar-refractivity contribution in [3.63, 3.8) is 0 Å². The maximum absolute atomic E-state index is 11.8. The van der Waals surface area contributed by atoms with Gasteiger partial charge in [-0.05, 0) is 43.8 Å². The SMILES string of the molecule is CN(C)C=C1CC2(C=CC1=O)CCNCC2. The zero-order valence-corrected chi connectivity index (χ0v) is 10.1. The van der Waals surface area contributed by atoms with Gasteiger partial charge in [-0.3, -0.25) is 4.79 Å². The van der Waals surface area contributed by atoms with Crippen molar-refractivity contribution < 1.29 is 4.79 Å². The molecule has 0 radical (unpaired) electrons. The molecule has 3 heteroatoms. The van der Waals surface area contributed by atoms with Crippen LogP contribution in [0.4, 0.5) is 0 Å². The van der Waals surface area contributed by atoms with E-state index in [2.05, 4.69) is 11.4 Å². The molecule has 2 aliphatic rings. The first-order valence-electron chi connectivity index (χ1n) is 5.93. The molecule has 0 bridgehead atoms. The molecule has 1 aliphatic carbocycles. The molecule has 0 amide bonds. The second-order valence-corrected chi connectivity index (χ2v) is 5.10. The third kappa shape index (κ3) is 2.35. The predicted octanol–water partition coefficient (Wildman–Crippen LogP) is 1.33. The van der Waals surface area contributed by atoms with E-state index in [1.165, 1.54) is 0 Å². The van der Waals surface area contributed by atoms with Crippen molar-refractivity contribution in [2.75, 3.05) is 27.2 Å². The van der Waals surface area contributed by atoms with E-state index >= 15 is 0 Å². The number of hydrogen-bond acceptors (Lipinski definition) is 3. The highest BCUT2D eigenvalue weighted by Gasteiger charge is 2.34. The summed E-state index contributed by atoms with van der Waals surface area (Å²) in [5, 5.41) is 3.37. The molecule has 0 saturated carbocycles. The minimum absolute atomic E-state index is 0.179. The lowest BCUT2D eigenvalue weighted by molar-refractivity contribution is -0.112. The third-order valence-electron chi connectivity index (χ3n) is 3.46. The van der Waals surface area contributed by atoms with E-state index in [9.17, 15) is 4.79 Å². The lowest BCUT2D eigenvalue weighted by Crippen LogP contribution is -2.38. The van der Waals surface area contributed by atoms with Crippen LogP contribution >= 0.6 is 0 Å². The summed E-state index contributed by atoms with van der Waals surface area (Å²) >= 11 is 0. The maximum Gasteiger partial charge on any atom is 0.182 e. The molecule has 1 fully saturated rings. The van der Waals surface area contributed by atoms with E-state index in [1.807, 2.05) is 25.2 Å². The Labute approximate surface area is 97.2 Å². The number of nitrogens with one attached hydrogen (secondary N) is 1. The molecule has 1 heterocycles. The van der Waals surface area contributed by atoms with Gasteiger partial charge in [-0.2, -0.15) is 0 Å². The molecular formula is C13H20N2O. The summed E-state index contributed by atoms with van der Waals surface area (Å²) in [7, 11) is 3.93. The van der Waals surface area contributed by atoms with Crippen molar-refractivity contribution in [3.8, 4) is 0 Å². The fourth-order valence-corrected chi connectivity index (χ4v) is 2.57. The van der Waals surface area contributed by atoms with Crippen molar-refractivity contribution in [2.24, 2.45) is 5.41 Å². The lowest BCUT2D eigenvalue weighted by Gasteiger charge is -2.37. The van der Waals surface area contributed by atoms with Crippen molar-refractivity contribution >= 4 is 5.78 Å². The quantitative estimate of drug-likeness (QED) is 0.677. The topological polar surface area (TPSA) is 32.3 Å². The number of hydrogen-bond donors (Lipinski definition) is 1. The summed E-state index contributed by atoms with van der Waals surface area (Å²) in [6.45, 7) is 2.13. The number of nitrogens with zero attached hydrogens (tertiary/aromatic N) is 1. The minimum Gasteiger partial charge on any atom is -0.383 e. The summed E-state index contributed by atoms with van der Waals surface area (Å²) in [4.78, 5) is 13.7. The van der Waals surface area contributed by atoms with Gasteiger partial charge in [0.2, 0.25) is 0 Å². The van der Waals surface area contributed by atoms with Crippen molar-refractivity contribution in [2.45, 2.75) is 19.3 Å². The molecule has 0 aromatic carbocycles. The zero-order chi connectivity index (χ0) is 11.6. The molecule has 0 aromatic rings. The van der Waals surface area contributed by atoms with Gasteiger partial charge >= 0.3 is 0 Å². The number of carbonyl (C=O) groups is 1. The summed E-state index contributed by atoms with van der Waals surface area (Å²) < 4.78 is 0. The molecule has 1 saturated heterocycles. The van der Waals surface area contributed by atoms with Crippen LogP contribution in [0.15, 0.2) is 23.9 Å². The van der Waals surface area contributed by atoms with Gasteiger partial charge in [0.15, 0.2) is 5.78 Å². The van der Waals surface area contributed by atoms with E-state index < -0.39 is 0 Å². The Hall–Kier alpha value is -1.09. The second-order valence-electron chi connectivity index (χ2n) is 5.10. The highest BCUT2D eigenvalue weighted by atomic mass is 16.1. The van der Waals surface area contributed by atoms with Gasteiger partial charge in [0, 0.05) is 25.9 Å². The number of carbonyl (C=O) groups excluding carboxylic acids is 1. The minimum atomic E-state index is 0.179. The molecule has 1 aliphatic heterocycles. The Morgan fingerprint density at radius 1 is 1.38 bits per heavy atom. The molecule has 16 heavy (non-hydrogen) atoms. The molecule has 2 rings (SSSR count). The van der Waals surface area contributed by atoms with Crippen LogP contribution in [0.2, 0.25) is 0 Å². The summed E-state index contributed by atoms with van der Waals surface area (Å²) in [5.41, 5.74) is 1.19. The van der Waals surface area contributed by atoms with Crippen molar-refractivity contribution in [3.05, 3.63) is 23.9 Å². The molecule has 1 spiro atoms. The summed E-state index contributed by atoms with van der Waals surface area (Å²) in [6, 6.07) is 0. The van der Waals surface area contributed by atoms with Gasteiger partial charge in [-0.1, -0.05) is 6.08 Å². The highest BCUT2D eigenvalue weighted by molar-refractivity contribution is 6.05. The van der Waals surface area contributed by atoms with Gasteiger partial charge in [0.05, 0.1) is 0 Å². The third-order valence-corrected chi connectivity index (χ3v) is 3.46. The van der Waals surface area contributed by atoms with E-state index in [0.29, 0.717) is 0 Å². The summed E-state index contributed by atoms with van der Waals surface area (Å²) in [5.74, 6) is 0.179. The second kappa shape index (κ2) is 4.42. The van der Waals surface area contributed by atoms with E-state index in [0.717, 1.165) is 37.9 Å². The van der Waals surface area contributed by atoms with Gasteiger partial charge < -0.3 is 10.2 Å². The number of allylic oxidation sites excluding steroid dienone is 3. The first kappa shape index (κ1) is 11.4. The van der Waals surface area contributed by atoms with E-state index in [1.54, 1.807) is 6.08 Å². The standard InChI is InChI=1S/C13H20N2O/c1-15(2)10-11-9-13(4-3-12(11)16)5-7-14-8-6-13/h3-4,10,14H,5-9H2,1-2H3. The molecule has 1 N–H and O–H groups in total. The van der Waals surface area contributed by atoms with Crippen LogP contribution in [0.1, 0.15) is 19.3 Å². The number of piperidine rings is 1. The monoisotopic (exact) mass is 220 g/mol. The normalized spacial score (nSPS) is 26.4. The van der Waals surface area contributed by atoms with Crippen LogP contribution in [0.3, 0.4) is 0 Å². The fraction of sp³-hybridized carbons (Fsp3) is 0.615. The van der Waals surface area contributed by atoms with Gasteiger partial charge in [0.1, 0.15) is 0 Å². The highest BCUT2D eigenvalue weighted by Crippen LogP contribution is 2.40. The molecule has 0 aromatic heterocycles. The zero-order valence-electron chi connectivity index (χ0n) is 10.1. The van der Waals surface area contributed by atoms with Crippen LogP contribution in [-0.2, 0) is 4.79 Å². The number of ketones is 1. The molecule has 0 unspecified atom stereocenters. The van der Waals surface area contributed by atoms with Crippen LogP contribution in [0.25, 0.3) is 0 Å². The largest absolute Gasteiger partial charge is 0.383 e. The van der Waals surface area contributed by atoms with Gasteiger partial charge in [-0.25, -0.2) is 0 Å².